The third-order valence-electron chi connectivity index (χ3n) is 3.51. The Morgan fingerprint density at radius 3 is 2.33 bits per heavy atom. The van der Waals surface area contributed by atoms with Gasteiger partial charge >= 0.3 is 0 Å². The minimum Gasteiger partial charge on any atom is -0.394 e. The van der Waals surface area contributed by atoms with Crippen LogP contribution in [0.4, 0.5) is 5.69 Å². The second kappa shape index (κ2) is 8.08. The number of carbonyl (C=O) groups excluding carboxylic acids is 2. The van der Waals surface area contributed by atoms with Crippen molar-refractivity contribution in [3.05, 3.63) is 63.6 Å². The highest BCUT2D eigenvalue weighted by Crippen LogP contribution is 2.19. The van der Waals surface area contributed by atoms with Gasteiger partial charge in [0.1, 0.15) is 0 Å². The summed E-state index contributed by atoms with van der Waals surface area (Å²) in [7, 11) is 0. The first-order chi connectivity index (χ1) is 11.4. The van der Waals surface area contributed by atoms with Gasteiger partial charge in [-0.05, 0) is 55.8 Å². The van der Waals surface area contributed by atoms with Gasteiger partial charge in [-0.1, -0.05) is 22.0 Å². The van der Waals surface area contributed by atoms with Crippen LogP contribution >= 0.6 is 15.9 Å². The molecule has 2 aromatic carbocycles. The lowest BCUT2D eigenvalue weighted by Crippen LogP contribution is -2.35. The van der Waals surface area contributed by atoms with Crippen molar-refractivity contribution in [2.24, 2.45) is 0 Å². The molecule has 0 radical (unpaired) electrons. The summed E-state index contributed by atoms with van der Waals surface area (Å²) in [6.45, 7) is 3.43. The van der Waals surface area contributed by atoms with E-state index in [4.69, 9.17) is 5.11 Å². The van der Waals surface area contributed by atoms with Crippen LogP contribution < -0.4 is 10.6 Å². The maximum Gasteiger partial charge on any atom is 0.255 e. The molecule has 5 nitrogen and oxygen atoms in total. The van der Waals surface area contributed by atoms with Gasteiger partial charge in [0.05, 0.1) is 6.61 Å². The first-order valence-corrected chi connectivity index (χ1v) is 8.29. The van der Waals surface area contributed by atoms with Gasteiger partial charge in [0.25, 0.3) is 11.8 Å². The average molecular weight is 391 g/mol. The molecular formula is C18H19BrN2O3. The van der Waals surface area contributed by atoms with Crippen LogP contribution in [0, 0.1) is 6.92 Å². The highest BCUT2D eigenvalue weighted by molar-refractivity contribution is 9.10. The topological polar surface area (TPSA) is 78.4 Å². The molecule has 0 bridgehead atoms. The molecule has 2 amide bonds. The van der Waals surface area contributed by atoms with Crippen molar-refractivity contribution in [3.8, 4) is 0 Å². The highest BCUT2D eigenvalue weighted by Gasteiger charge is 2.13. The molecule has 6 heteroatoms. The zero-order valence-corrected chi connectivity index (χ0v) is 15.1. The Hall–Kier alpha value is -2.18. The number of carbonyl (C=O) groups is 2. The molecule has 1 atom stereocenters. The average Bonchev–Trinajstić information content (AvgIpc) is 2.57. The van der Waals surface area contributed by atoms with Crippen LogP contribution in [0.25, 0.3) is 0 Å². The maximum absolute atomic E-state index is 12.3. The minimum atomic E-state index is -0.334. The number of hydrogen-bond acceptors (Lipinski definition) is 3. The molecule has 1 unspecified atom stereocenters. The van der Waals surface area contributed by atoms with E-state index in [0.717, 1.165) is 10.0 Å². The van der Waals surface area contributed by atoms with Crippen molar-refractivity contribution in [2.75, 3.05) is 11.9 Å². The summed E-state index contributed by atoms with van der Waals surface area (Å²) in [5.74, 6) is -0.539. The number of anilines is 1. The van der Waals surface area contributed by atoms with Crippen molar-refractivity contribution in [1.29, 1.82) is 0 Å². The molecule has 3 N–H and O–H groups in total. The number of halogens is 1. The third-order valence-corrected chi connectivity index (χ3v) is 4.03. The lowest BCUT2D eigenvalue weighted by atomic mass is 10.1. The van der Waals surface area contributed by atoms with Gasteiger partial charge in [-0.3, -0.25) is 9.59 Å². The number of aliphatic hydroxyl groups is 1. The predicted molar refractivity (Wildman–Crippen MR) is 97.3 cm³/mol. The number of amides is 2. The van der Waals surface area contributed by atoms with Gasteiger partial charge in [-0.25, -0.2) is 0 Å². The van der Waals surface area contributed by atoms with Crippen LogP contribution in [0.1, 0.15) is 33.2 Å². The zero-order chi connectivity index (χ0) is 17.7. The summed E-state index contributed by atoms with van der Waals surface area (Å²) in [4.78, 5) is 24.5. The van der Waals surface area contributed by atoms with E-state index in [9.17, 15) is 9.59 Å². The Kier molecular flexibility index (Phi) is 6.11. The molecule has 2 rings (SSSR count). The maximum atomic E-state index is 12.3. The standard InChI is InChI=1S/C18H19BrN2O3/c1-11-3-4-14(18(24)20-12(2)10-22)9-16(11)21-17(23)13-5-7-15(19)8-6-13/h3-9,12,22H,10H2,1-2H3,(H,20,24)(H,21,23). The number of rotatable bonds is 5. The molecule has 0 fully saturated rings. The Labute approximate surface area is 149 Å². The molecule has 0 saturated carbocycles. The van der Waals surface area contributed by atoms with Crippen molar-refractivity contribution in [1.82, 2.24) is 5.32 Å². The van der Waals surface area contributed by atoms with E-state index in [1.54, 1.807) is 49.4 Å². The van der Waals surface area contributed by atoms with Crippen LogP contribution in [0.5, 0.6) is 0 Å². The van der Waals surface area contributed by atoms with E-state index in [1.807, 2.05) is 6.92 Å². The summed E-state index contributed by atoms with van der Waals surface area (Å²) in [5.41, 5.74) is 2.38. The van der Waals surface area contributed by atoms with Gasteiger partial charge in [-0.15, -0.1) is 0 Å². The SMILES string of the molecule is Cc1ccc(C(=O)NC(C)CO)cc1NC(=O)c1ccc(Br)cc1. The fourth-order valence-electron chi connectivity index (χ4n) is 2.05. The molecule has 0 aromatic heterocycles. The zero-order valence-electron chi connectivity index (χ0n) is 13.5. The van der Waals surface area contributed by atoms with Gasteiger partial charge in [0.2, 0.25) is 0 Å². The van der Waals surface area contributed by atoms with Gasteiger partial charge in [0, 0.05) is 27.3 Å². The van der Waals surface area contributed by atoms with Crippen molar-refractivity contribution >= 4 is 33.4 Å². The Morgan fingerprint density at radius 2 is 1.71 bits per heavy atom. The molecular weight excluding hydrogens is 372 g/mol. The normalized spacial score (nSPS) is 11.7. The first-order valence-electron chi connectivity index (χ1n) is 7.50. The largest absolute Gasteiger partial charge is 0.394 e. The number of aryl methyl sites for hydroxylation is 1. The van der Waals surface area contributed by atoms with Crippen molar-refractivity contribution in [2.45, 2.75) is 19.9 Å². The lowest BCUT2D eigenvalue weighted by Gasteiger charge is -2.13. The van der Waals surface area contributed by atoms with Gasteiger partial charge in [0.15, 0.2) is 0 Å². The summed E-state index contributed by atoms with van der Waals surface area (Å²) in [6, 6.07) is 11.8. The molecule has 0 spiro atoms. The second-order valence-electron chi connectivity index (χ2n) is 5.55. The van der Waals surface area contributed by atoms with E-state index in [0.29, 0.717) is 16.8 Å². The number of nitrogens with one attached hydrogen (secondary N) is 2. The van der Waals surface area contributed by atoms with Crippen molar-refractivity contribution < 1.29 is 14.7 Å². The molecule has 24 heavy (non-hydrogen) atoms. The Morgan fingerprint density at radius 1 is 1.08 bits per heavy atom. The third kappa shape index (κ3) is 4.66. The fourth-order valence-corrected chi connectivity index (χ4v) is 2.31. The van der Waals surface area contributed by atoms with Crippen LogP contribution in [-0.2, 0) is 0 Å². The van der Waals surface area contributed by atoms with Gasteiger partial charge in [-0.2, -0.15) is 0 Å². The number of aliphatic hydroxyl groups excluding tert-OH is 1. The monoisotopic (exact) mass is 390 g/mol. The van der Waals surface area contributed by atoms with Gasteiger partial charge < -0.3 is 15.7 Å². The lowest BCUT2D eigenvalue weighted by molar-refractivity contribution is 0.0921. The molecule has 0 aliphatic heterocycles. The molecule has 2 aromatic rings. The number of hydrogen-bond donors (Lipinski definition) is 3. The molecule has 0 aliphatic rings. The number of benzene rings is 2. The van der Waals surface area contributed by atoms with E-state index < -0.39 is 0 Å². The minimum absolute atomic E-state index is 0.134. The summed E-state index contributed by atoms with van der Waals surface area (Å²) in [5, 5.41) is 14.5. The van der Waals surface area contributed by atoms with E-state index in [2.05, 4.69) is 26.6 Å². The van der Waals surface area contributed by atoms with E-state index in [1.165, 1.54) is 0 Å². The Balaban J connectivity index is 2.18. The van der Waals surface area contributed by atoms with Crippen LogP contribution in [0.15, 0.2) is 46.9 Å². The van der Waals surface area contributed by atoms with Crippen LogP contribution in [-0.4, -0.2) is 29.6 Å². The summed E-state index contributed by atoms with van der Waals surface area (Å²) >= 11 is 3.33. The highest BCUT2D eigenvalue weighted by atomic mass is 79.9. The predicted octanol–water partition coefficient (Wildman–Crippen LogP) is 3.12. The molecule has 0 saturated heterocycles. The fraction of sp³-hybridized carbons (Fsp3) is 0.222. The second-order valence-corrected chi connectivity index (χ2v) is 6.46. The first kappa shape index (κ1) is 18.2. The smallest absolute Gasteiger partial charge is 0.255 e. The molecule has 0 heterocycles. The molecule has 0 aliphatic carbocycles. The molecule has 126 valence electrons. The Bertz CT molecular complexity index is 744. The van der Waals surface area contributed by atoms with Crippen LogP contribution in [0.3, 0.4) is 0 Å². The quantitative estimate of drug-likeness (QED) is 0.733. The van der Waals surface area contributed by atoms with E-state index >= 15 is 0 Å². The summed E-state index contributed by atoms with van der Waals surface area (Å²) < 4.78 is 0.895. The van der Waals surface area contributed by atoms with Crippen LogP contribution in [0.2, 0.25) is 0 Å². The summed E-state index contributed by atoms with van der Waals surface area (Å²) in [6.07, 6.45) is 0. The van der Waals surface area contributed by atoms with Crippen molar-refractivity contribution in [3.63, 3.8) is 0 Å². The van der Waals surface area contributed by atoms with E-state index in [-0.39, 0.29) is 24.5 Å².